The Bertz CT molecular complexity index is 420. The number of nitro benzene ring substituents is 1. The lowest BCUT2D eigenvalue weighted by molar-refractivity contribution is -0.385. The van der Waals surface area contributed by atoms with E-state index in [1.807, 2.05) is 0 Å². The predicted octanol–water partition coefficient (Wildman–Crippen LogP) is 2.18. The highest BCUT2D eigenvalue weighted by atomic mass is 19.2. The van der Waals surface area contributed by atoms with Crippen LogP contribution >= 0.6 is 0 Å². The van der Waals surface area contributed by atoms with Crippen LogP contribution in [-0.2, 0) is 4.79 Å². The molecule has 1 atom stereocenters. The number of aldehydes is 1. The van der Waals surface area contributed by atoms with Crippen molar-refractivity contribution in [1.82, 2.24) is 0 Å². The highest BCUT2D eigenvalue weighted by molar-refractivity contribution is 5.65. The summed E-state index contributed by atoms with van der Waals surface area (Å²) in [6.07, 6.45) is 0.430. The Kier molecular flexibility index (Phi) is 3.08. The molecule has 0 aliphatic heterocycles. The Balaban J connectivity index is 3.40. The number of carbonyl (C=O) groups excluding carboxylic acids is 1. The summed E-state index contributed by atoms with van der Waals surface area (Å²) in [5.74, 6) is -3.35. The quantitative estimate of drug-likeness (QED) is 0.441. The molecule has 0 fully saturated rings. The van der Waals surface area contributed by atoms with Gasteiger partial charge in [0.05, 0.1) is 11.0 Å². The molecule has 15 heavy (non-hydrogen) atoms. The van der Waals surface area contributed by atoms with Gasteiger partial charge in [-0.1, -0.05) is 6.92 Å². The third-order valence-corrected chi connectivity index (χ3v) is 1.96. The smallest absolute Gasteiger partial charge is 0.276 e. The van der Waals surface area contributed by atoms with Gasteiger partial charge in [-0.05, 0) is 6.07 Å². The van der Waals surface area contributed by atoms with Crippen LogP contribution in [0.1, 0.15) is 18.4 Å². The zero-order chi connectivity index (χ0) is 11.6. The van der Waals surface area contributed by atoms with Crippen molar-refractivity contribution in [2.24, 2.45) is 0 Å². The molecule has 0 heterocycles. The number of benzene rings is 1. The van der Waals surface area contributed by atoms with Crippen LogP contribution in [0.3, 0.4) is 0 Å². The van der Waals surface area contributed by atoms with Gasteiger partial charge in [0, 0.05) is 11.5 Å². The van der Waals surface area contributed by atoms with Gasteiger partial charge in [0.1, 0.15) is 6.29 Å². The van der Waals surface area contributed by atoms with Crippen LogP contribution in [0.5, 0.6) is 0 Å². The molecule has 80 valence electrons. The lowest BCUT2D eigenvalue weighted by atomic mass is 10.0. The van der Waals surface area contributed by atoms with Crippen molar-refractivity contribution in [2.75, 3.05) is 0 Å². The lowest BCUT2D eigenvalue weighted by Gasteiger charge is -2.05. The summed E-state index contributed by atoms with van der Waals surface area (Å²) in [7, 11) is 0. The number of rotatable bonds is 3. The van der Waals surface area contributed by atoms with E-state index in [4.69, 9.17) is 0 Å². The van der Waals surface area contributed by atoms with Crippen molar-refractivity contribution in [2.45, 2.75) is 12.8 Å². The molecule has 0 saturated carbocycles. The summed E-state index contributed by atoms with van der Waals surface area (Å²) in [6, 6.07) is 1.15. The van der Waals surface area contributed by atoms with Crippen LogP contribution < -0.4 is 0 Å². The second-order valence-corrected chi connectivity index (χ2v) is 3.01. The van der Waals surface area contributed by atoms with E-state index < -0.39 is 28.2 Å². The first kappa shape index (κ1) is 11.2. The first-order valence-corrected chi connectivity index (χ1v) is 4.06. The van der Waals surface area contributed by atoms with E-state index in [0.29, 0.717) is 18.4 Å². The fourth-order valence-electron chi connectivity index (χ4n) is 1.15. The molecule has 1 aromatic carbocycles. The third kappa shape index (κ3) is 2.15. The zero-order valence-corrected chi connectivity index (χ0v) is 7.74. The summed E-state index contributed by atoms with van der Waals surface area (Å²) in [4.78, 5) is 20.1. The minimum atomic E-state index is -1.30. The Hall–Kier alpha value is -1.85. The van der Waals surface area contributed by atoms with Crippen LogP contribution in [0.4, 0.5) is 14.5 Å². The van der Waals surface area contributed by atoms with Gasteiger partial charge in [-0.25, -0.2) is 8.78 Å². The number of carbonyl (C=O) groups is 1. The van der Waals surface area contributed by atoms with E-state index in [2.05, 4.69) is 0 Å². The first-order valence-electron chi connectivity index (χ1n) is 4.06. The maximum absolute atomic E-state index is 12.8. The Morgan fingerprint density at radius 1 is 1.40 bits per heavy atom. The lowest BCUT2D eigenvalue weighted by Crippen LogP contribution is -2.03. The monoisotopic (exact) mass is 215 g/mol. The zero-order valence-electron chi connectivity index (χ0n) is 7.74. The topological polar surface area (TPSA) is 60.2 Å². The molecule has 1 aromatic rings. The highest BCUT2D eigenvalue weighted by Crippen LogP contribution is 2.27. The van der Waals surface area contributed by atoms with Gasteiger partial charge >= 0.3 is 0 Å². The van der Waals surface area contributed by atoms with Gasteiger partial charge in [0.2, 0.25) is 0 Å². The first-order chi connectivity index (χ1) is 6.97. The van der Waals surface area contributed by atoms with Gasteiger partial charge in [0.25, 0.3) is 5.69 Å². The average molecular weight is 215 g/mol. The van der Waals surface area contributed by atoms with Gasteiger partial charge in [-0.3, -0.25) is 10.1 Å². The van der Waals surface area contributed by atoms with Crippen molar-refractivity contribution >= 4 is 12.0 Å². The van der Waals surface area contributed by atoms with Crippen LogP contribution in [-0.4, -0.2) is 11.2 Å². The Morgan fingerprint density at radius 2 is 1.93 bits per heavy atom. The molecular formula is C9H7F2NO3. The molecule has 0 N–H and O–H groups in total. The second-order valence-electron chi connectivity index (χ2n) is 3.01. The molecule has 0 amide bonds. The van der Waals surface area contributed by atoms with Crippen molar-refractivity contribution in [1.29, 1.82) is 0 Å². The average Bonchev–Trinajstić information content (AvgIpc) is 2.20. The fraction of sp³-hybridized carbons (Fsp3) is 0.222. The summed E-state index contributed by atoms with van der Waals surface area (Å²) in [6.45, 7) is 1.37. The number of halogens is 2. The van der Waals surface area contributed by atoms with Crippen LogP contribution in [0.2, 0.25) is 0 Å². The van der Waals surface area contributed by atoms with Gasteiger partial charge < -0.3 is 4.79 Å². The van der Waals surface area contributed by atoms with E-state index in [1.54, 1.807) is 0 Å². The Morgan fingerprint density at radius 3 is 2.40 bits per heavy atom. The molecule has 0 spiro atoms. The largest absolute Gasteiger partial charge is 0.303 e. The van der Waals surface area contributed by atoms with Crippen LogP contribution in [0.25, 0.3) is 0 Å². The maximum atomic E-state index is 12.8. The number of hydrogen-bond acceptors (Lipinski definition) is 3. The molecule has 6 heteroatoms. The summed E-state index contributed by atoms with van der Waals surface area (Å²) in [5.41, 5.74) is -0.720. The molecule has 4 nitrogen and oxygen atoms in total. The molecule has 0 bridgehead atoms. The molecule has 0 aliphatic carbocycles. The molecule has 1 unspecified atom stereocenters. The minimum Gasteiger partial charge on any atom is -0.303 e. The van der Waals surface area contributed by atoms with E-state index >= 15 is 0 Å². The molecule has 0 radical (unpaired) electrons. The van der Waals surface area contributed by atoms with E-state index in [1.165, 1.54) is 6.92 Å². The van der Waals surface area contributed by atoms with Crippen molar-refractivity contribution < 1.29 is 18.5 Å². The normalized spacial score (nSPS) is 12.2. The molecule has 0 aromatic heterocycles. The van der Waals surface area contributed by atoms with E-state index in [9.17, 15) is 23.7 Å². The number of nitrogens with zero attached hydrogens (tertiary/aromatic N) is 1. The molecular weight excluding hydrogens is 208 g/mol. The highest BCUT2D eigenvalue weighted by Gasteiger charge is 2.22. The van der Waals surface area contributed by atoms with E-state index in [0.717, 1.165) is 0 Å². The van der Waals surface area contributed by atoms with Gasteiger partial charge in [-0.15, -0.1) is 0 Å². The van der Waals surface area contributed by atoms with Crippen molar-refractivity contribution in [3.63, 3.8) is 0 Å². The number of nitro groups is 1. The maximum Gasteiger partial charge on any atom is 0.276 e. The van der Waals surface area contributed by atoms with Gasteiger partial charge in [-0.2, -0.15) is 0 Å². The van der Waals surface area contributed by atoms with Crippen LogP contribution in [0, 0.1) is 21.7 Å². The number of hydrogen-bond donors (Lipinski definition) is 0. The van der Waals surface area contributed by atoms with Crippen molar-refractivity contribution in [3.8, 4) is 0 Å². The van der Waals surface area contributed by atoms with Gasteiger partial charge in [0.15, 0.2) is 11.6 Å². The summed E-state index contributed by atoms with van der Waals surface area (Å²) in [5, 5.41) is 10.5. The second kappa shape index (κ2) is 4.12. The van der Waals surface area contributed by atoms with Crippen LogP contribution in [0.15, 0.2) is 12.1 Å². The standard InChI is InChI=1S/C9H7F2NO3/c1-5(4-13)6-2-7(10)8(11)3-9(6)12(14)15/h2-5H,1H3. The van der Waals surface area contributed by atoms with Crippen molar-refractivity contribution in [3.05, 3.63) is 39.4 Å². The molecule has 0 saturated heterocycles. The Labute approximate surface area is 83.7 Å². The predicted molar refractivity (Wildman–Crippen MR) is 47.5 cm³/mol. The third-order valence-electron chi connectivity index (χ3n) is 1.96. The summed E-state index contributed by atoms with van der Waals surface area (Å²) >= 11 is 0. The fourth-order valence-corrected chi connectivity index (χ4v) is 1.15. The minimum absolute atomic E-state index is 0.131. The molecule has 1 rings (SSSR count). The van der Waals surface area contributed by atoms with E-state index in [-0.39, 0.29) is 5.56 Å². The SMILES string of the molecule is CC(C=O)c1cc(F)c(F)cc1[N+](=O)[O-]. The molecule has 0 aliphatic rings. The summed E-state index contributed by atoms with van der Waals surface area (Å²) < 4.78 is 25.5.